The molecular formula is C14H20ClNSi. The molecule has 2 aromatic rings. The molecule has 0 aliphatic carbocycles. The van der Waals surface area contributed by atoms with Crippen molar-refractivity contribution >= 4 is 30.7 Å². The Kier molecular flexibility index (Phi) is 2.91. The first-order valence-corrected chi connectivity index (χ1v) is 9.34. The Morgan fingerprint density at radius 3 is 2.35 bits per heavy atom. The first-order chi connectivity index (χ1) is 7.75. The molecule has 1 aromatic carbocycles. The lowest BCUT2D eigenvalue weighted by molar-refractivity contribution is 0.703. The predicted octanol–water partition coefficient (Wildman–Crippen LogP) is 5.15. The van der Waals surface area contributed by atoms with Crippen LogP contribution in [0.4, 0.5) is 0 Å². The summed E-state index contributed by atoms with van der Waals surface area (Å²) < 4.78 is 2.47. The van der Waals surface area contributed by atoms with Gasteiger partial charge in [0.05, 0.1) is 0 Å². The molecule has 1 heterocycles. The van der Waals surface area contributed by atoms with Gasteiger partial charge in [-0.25, -0.2) is 0 Å². The SMILES string of the molecule is CC(C)(C)[Si](C)(C)n1ccc2c(Cl)cccc21. The monoisotopic (exact) mass is 265 g/mol. The van der Waals surface area contributed by atoms with Crippen LogP contribution in [0.1, 0.15) is 20.8 Å². The summed E-state index contributed by atoms with van der Waals surface area (Å²) in [5.41, 5.74) is 1.27. The molecule has 92 valence electrons. The number of rotatable bonds is 1. The summed E-state index contributed by atoms with van der Waals surface area (Å²) in [6.45, 7) is 11.8. The molecule has 0 fully saturated rings. The van der Waals surface area contributed by atoms with Crippen molar-refractivity contribution in [3.8, 4) is 0 Å². The Balaban J connectivity index is 2.69. The van der Waals surface area contributed by atoms with Crippen LogP contribution >= 0.6 is 11.6 Å². The third-order valence-electron chi connectivity index (χ3n) is 4.12. The van der Waals surface area contributed by atoms with Crippen molar-refractivity contribution in [1.29, 1.82) is 0 Å². The van der Waals surface area contributed by atoms with Gasteiger partial charge in [-0.3, -0.25) is 0 Å². The smallest absolute Gasteiger partial charge is 0.161 e. The fourth-order valence-corrected chi connectivity index (χ4v) is 4.18. The number of benzene rings is 1. The number of hydrogen-bond acceptors (Lipinski definition) is 0. The fourth-order valence-electron chi connectivity index (χ4n) is 1.98. The number of hydrogen-bond donors (Lipinski definition) is 0. The maximum atomic E-state index is 6.24. The van der Waals surface area contributed by atoms with Crippen LogP contribution in [0.2, 0.25) is 23.2 Å². The zero-order valence-electron chi connectivity index (χ0n) is 11.2. The van der Waals surface area contributed by atoms with Crippen LogP contribution in [-0.4, -0.2) is 12.5 Å². The van der Waals surface area contributed by atoms with Crippen molar-refractivity contribution in [3.63, 3.8) is 0 Å². The molecule has 0 saturated carbocycles. The minimum absolute atomic E-state index is 0.321. The third kappa shape index (κ3) is 1.93. The third-order valence-corrected chi connectivity index (χ3v) is 9.71. The standard InChI is InChI=1S/C14H20ClNSi/c1-14(2,3)17(4,5)16-10-9-11-12(15)7-6-8-13(11)16/h6-10H,1-5H3. The largest absolute Gasteiger partial charge is 0.374 e. The molecule has 0 radical (unpaired) electrons. The Labute approximate surface area is 109 Å². The zero-order chi connectivity index (χ0) is 12.8. The second-order valence-corrected chi connectivity index (χ2v) is 11.7. The van der Waals surface area contributed by atoms with Crippen molar-refractivity contribution in [3.05, 3.63) is 35.5 Å². The van der Waals surface area contributed by atoms with Gasteiger partial charge in [0.1, 0.15) is 0 Å². The van der Waals surface area contributed by atoms with Crippen LogP contribution in [0.5, 0.6) is 0 Å². The van der Waals surface area contributed by atoms with E-state index in [1.54, 1.807) is 0 Å². The van der Waals surface area contributed by atoms with Crippen LogP contribution in [-0.2, 0) is 0 Å². The summed E-state index contributed by atoms with van der Waals surface area (Å²) in [6, 6.07) is 8.30. The van der Waals surface area contributed by atoms with E-state index < -0.39 is 8.24 Å². The molecule has 0 aliphatic heterocycles. The van der Waals surface area contributed by atoms with E-state index >= 15 is 0 Å². The molecule has 0 bridgehead atoms. The summed E-state index contributed by atoms with van der Waals surface area (Å²) >= 11 is 6.24. The highest BCUT2D eigenvalue weighted by molar-refractivity contribution is 6.79. The molecular weight excluding hydrogens is 246 g/mol. The summed E-state index contributed by atoms with van der Waals surface area (Å²) in [5.74, 6) is 0. The normalized spacial score (nSPS) is 13.3. The molecule has 0 N–H and O–H groups in total. The first kappa shape index (κ1) is 12.7. The Bertz CT molecular complexity index is 549. The number of nitrogens with zero attached hydrogens (tertiary/aromatic N) is 1. The quantitative estimate of drug-likeness (QED) is 0.629. The van der Waals surface area contributed by atoms with Crippen molar-refractivity contribution in [2.24, 2.45) is 0 Å². The Morgan fingerprint density at radius 2 is 1.76 bits per heavy atom. The molecule has 0 spiro atoms. The maximum Gasteiger partial charge on any atom is 0.161 e. The minimum atomic E-state index is -1.56. The summed E-state index contributed by atoms with van der Waals surface area (Å²) in [6.07, 6.45) is 2.20. The molecule has 17 heavy (non-hydrogen) atoms. The second kappa shape index (κ2) is 3.89. The molecule has 0 saturated heterocycles. The Morgan fingerprint density at radius 1 is 1.12 bits per heavy atom. The van der Waals surface area contributed by atoms with Crippen LogP contribution in [0.25, 0.3) is 10.9 Å². The number of aromatic nitrogens is 1. The van der Waals surface area contributed by atoms with E-state index in [2.05, 4.69) is 56.4 Å². The van der Waals surface area contributed by atoms with E-state index in [1.807, 2.05) is 12.1 Å². The van der Waals surface area contributed by atoms with Gasteiger partial charge in [0.15, 0.2) is 8.24 Å². The van der Waals surface area contributed by atoms with Gasteiger partial charge in [0, 0.05) is 15.9 Å². The van der Waals surface area contributed by atoms with Crippen molar-refractivity contribution < 1.29 is 0 Å². The number of fused-ring (bicyclic) bond motifs is 1. The highest BCUT2D eigenvalue weighted by Gasteiger charge is 2.38. The highest BCUT2D eigenvalue weighted by atomic mass is 35.5. The number of halogens is 1. The molecule has 1 nitrogen and oxygen atoms in total. The van der Waals surface area contributed by atoms with E-state index in [9.17, 15) is 0 Å². The van der Waals surface area contributed by atoms with Crippen LogP contribution in [0.15, 0.2) is 30.5 Å². The van der Waals surface area contributed by atoms with E-state index in [0.717, 1.165) is 5.02 Å². The van der Waals surface area contributed by atoms with Gasteiger partial charge in [-0.15, -0.1) is 0 Å². The first-order valence-electron chi connectivity index (χ1n) is 6.01. The van der Waals surface area contributed by atoms with Crippen LogP contribution in [0.3, 0.4) is 0 Å². The van der Waals surface area contributed by atoms with Crippen molar-refractivity contribution in [2.45, 2.75) is 38.9 Å². The van der Waals surface area contributed by atoms with Gasteiger partial charge < -0.3 is 4.23 Å². The van der Waals surface area contributed by atoms with E-state index in [0.29, 0.717) is 5.04 Å². The topological polar surface area (TPSA) is 4.93 Å². The van der Waals surface area contributed by atoms with Gasteiger partial charge in [0.25, 0.3) is 0 Å². The Hall–Kier alpha value is -0.733. The van der Waals surface area contributed by atoms with Crippen molar-refractivity contribution in [2.75, 3.05) is 0 Å². The molecule has 1 aromatic heterocycles. The predicted molar refractivity (Wildman–Crippen MR) is 79.5 cm³/mol. The molecule has 0 aliphatic rings. The molecule has 0 unspecified atom stereocenters. The van der Waals surface area contributed by atoms with Crippen molar-refractivity contribution in [1.82, 2.24) is 4.23 Å². The molecule has 0 amide bonds. The average molecular weight is 266 g/mol. The van der Waals surface area contributed by atoms with Gasteiger partial charge in [-0.05, 0) is 29.4 Å². The van der Waals surface area contributed by atoms with Crippen LogP contribution in [0, 0.1) is 0 Å². The van der Waals surface area contributed by atoms with E-state index in [-0.39, 0.29) is 0 Å². The van der Waals surface area contributed by atoms with Gasteiger partial charge >= 0.3 is 0 Å². The second-order valence-electron chi connectivity index (χ2n) is 6.17. The summed E-state index contributed by atoms with van der Waals surface area (Å²) in [4.78, 5) is 0. The van der Waals surface area contributed by atoms with E-state index in [4.69, 9.17) is 11.6 Å². The maximum absolute atomic E-state index is 6.24. The summed E-state index contributed by atoms with van der Waals surface area (Å²) in [5, 5.41) is 2.33. The molecule has 0 atom stereocenters. The van der Waals surface area contributed by atoms with Crippen LogP contribution < -0.4 is 0 Å². The molecule has 2 rings (SSSR count). The lowest BCUT2D eigenvalue weighted by atomic mass is 10.2. The van der Waals surface area contributed by atoms with E-state index in [1.165, 1.54) is 10.9 Å². The van der Waals surface area contributed by atoms with Gasteiger partial charge in [-0.1, -0.05) is 51.5 Å². The lowest BCUT2D eigenvalue weighted by Gasteiger charge is -2.38. The minimum Gasteiger partial charge on any atom is -0.374 e. The fraction of sp³-hybridized carbons (Fsp3) is 0.429. The zero-order valence-corrected chi connectivity index (χ0v) is 13.0. The highest BCUT2D eigenvalue weighted by Crippen LogP contribution is 2.39. The van der Waals surface area contributed by atoms with Gasteiger partial charge in [-0.2, -0.15) is 0 Å². The lowest BCUT2D eigenvalue weighted by Crippen LogP contribution is -2.44. The average Bonchev–Trinajstić information content (AvgIpc) is 2.61. The van der Waals surface area contributed by atoms with Gasteiger partial charge in [0.2, 0.25) is 0 Å². The molecule has 3 heteroatoms. The summed E-state index contributed by atoms with van der Waals surface area (Å²) in [7, 11) is -1.56.